The van der Waals surface area contributed by atoms with Crippen LogP contribution in [0.4, 0.5) is 0 Å². The summed E-state index contributed by atoms with van der Waals surface area (Å²) in [5, 5.41) is 25.3. The second-order valence-corrected chi connectivity index (χ2v) is 11.5. The Bertz CT molecular complexity index is 1640. The summed E-state index contributed by atoms with van der Waals surface area (Å²) in [7, 11) is -10.6. The van der Waals surface area contributed by atoms with Crippen LogP contribution in [0.25, 0.3) is 11.0 Å². The average molecular weight is 588 g/mol. The highest BCUT2D eigenvalue weighted by Crippen LogP contribution is 2.66. The van der Waals surface area contributed by atoms with Crippen molar-refractivity contribution in [2.45, 2.75) is 38.0 Å². The van der Waals surface area contributed by atoms with Gasteiger partial charge in [-0.15, -0.1) is 14.7 Å². The smallest absolute Gasteiger partial charge is 0.387 e. The third kappa shape index (κ3) is 5.46. The highest BCUT2D eigenvalue weighted by molar-refractivity contribution is 7.67. The van der Waals surface area contributed by atoms with Crippen molar-refractivity contribution in [2.75, 3.05) is 6.61 Å². The first-order valence-corrected chi connectivity index (χ1v) is 13.8. The van der Waals surface area contributed by atoms with Gasteiger partial charge in [-0.3, -0.25) is 18.5 Å². The number of hydrogen-bond donors (Lipinski definition) is 2. The van der Waals surface area contributed by atoms with Crippen molar-refractivity contribution in [1.29, 1.82) is 0 Å². The molecule has 1 unspecified atom stereocenters. The number of ether oxygens (including phenoxy) is 1. The molecule has 1 aromatic carbocycles. The fraction of sp³-hybridized carbons (Fsp3) is 0.389. The van der Waals surface area contributed by atoms with Gasteiger partial charge in [0.15, 0.2) is 11.8 Å². The van der Waals surface area contributed by atoms with Gasteiger partial charge in [0.05, 0.1) is 13.2 Å². The monoisotopic (exact) mass is 588 g/mol. The van der Waals surface area contributed by atoms with E-state index in [0.717, 1.165) is 27.0 Å². The zero-order chi connectivity index (χ0) is 28.5. The number of rotatable bonds is 11. The van der Waals surface area contributed by atoms with Gasteiger partial charge in [-0.25, -0.2) is 13.9 Å². The molecule has 1 aliphatic heterocycles. The molecule has 2 N–H and O–H groups in total. The lowest BCUT2D eigenvalue weighted by molar-refractivity contribution is -0.0529. The molecular weight excluding hydrogens is 570 g/mol. The number of hydrogen-bond acceptors (Lipinski definition) is 14. The minimum Gasteiger partial charge on any atom is -0.387 e. The Balaban J connectivity index is 1.57. The summed E-state index contributed by atoms with van der Waals surface area (Å²) in [5.41, 5.74) is -0.175. The standard InChI is InChI=1S/C18H18N6O13P2/c1-9-3-2-4-10-11(19-36-16(9)10)7-24-13(25)5-6-23(18(24)28)17-15(27)14(26)12(35-17)8-34-39(33,22-31)37-38(32,20-29)21-30/h2-6,12,14-15,17,26-27H,7-8H2,1H3/t12-,14+,15+,17-,39?/m1/s1. The first-order valence-electron chi connectivity index (χ1n) is 10.7. The number of aliphatic hydroxyl groups excluding tert-OH is 2. The van der Waals surface area contributed by atoms with Crippen LogP contribution in [0.3, 0.4) is 0 Å². The second-order valence-electron chi connectivity index (χ2n) is 8.14. The SMILES string of the molecule is Cc1cccc2c(Cn3c(=O)ccn([C@@H]4O[C@H](COP(=O)(N=O)OP(=O)(N=O)N=O)[C@H](O)[C@@H]4O)c3=O)noc12. The molecule has 1 saturated heterocycles. The van der Waals surface area contributed by atoms with Gasteiger partial charge in [0.1, 0.15) is 24.0 Å². The van der Waals surface area contributed by atoms with Crippen LogP contribution in [0, 0.1) is 21.6 Å². The first-order chi connectivity index (χ1) is 18.5. The Morgan fingerprint density at radius 1 is 1.08 bits per heavy atom. The summed E-state index contributed by atoms with van der Waals surface area (Å²) < 4.78 is 44.6. The van der Waals surface area contributed by atoms with Gasteiger partial charge < -0.3 is 19.5 Å². The van der Waals surface area contributed by atoms with Crippen molar-refractivity contribution in [3.05, 3.63) is 77.3 Å². The van der Waals surface area contributed by atoms with Crippen LogP contribution >= 0.6 is 15.4 Å². The highest BCUT2D eigenvalue weighted by atomic mass is 31.3. The van der Waals surface area contributed by atoms with E-state index in [1.807, 2.05) is 4.95 Å². The van der Waals surface area contributed by atoms with Crippen LogP contribution < -0.4 is 11.2 Å². The van der Waals surface area contributed by atoms with Crippen LogP contribution in [0.2, 0.25) is 0 Å². The van der Waals surface area contributed by atoms with Crippen molar-refractivity contribution in [1.82, 2.24) is 14.3 Å². The predicted octanol–water partition coefficient (Wildman–Crippen LogP) is 1.68. The molecule has 0 amide bonds. The molecule has 0 aliphatic carbocycles. The fourth-order valence-corrected chi connectivity index (χ4v) is 5.82. The van der Waals surface area contributed by atoms with E-state index in [4.69, 9.17) is 9.26 Å². The maximum atomic E-state index is 13.2. The largest absolute Gasteiger partial charge is 0.513 e. The molecule has 19 nitrogen and oxygen atoms in total. The van der Waals surface area contributed by atoms with Gasteiger partial charge in [-0.2, -0.15) is 4.31 Å². The van der Waals surface area contributed by atoms with E-state index >= 15 is 0 Å². The van der Waals surface area contributed by atoms with E-state index in [1.54, 1.807) is 35.0 Å². The maximum absolute atomic E-state index is 13.2. The molecule has 2 aromatic heterocycles. The third-order valence-electron chi connectivity index (χ3n) is 5.70. The molecule has 39 heavy (non-hydrogen) atoms. The number of aryl methyl sites for hydroxylation is 1. The Morgan fingerprint density at radius 2 is 1.79 bits per heavy atom. The normalized spacial score (nSPS) is 22.9. The van der Waals surface area contributed by atoms with Gasteiger partial charge in [0, 0.05) is 32.5 Å². The summed E-state index contributed by atoms with van der Waals surface area (Å²) in [6, 6.07) is 6.22. The lowest BCUT2D eigenvalue weighted by Gasteiger charge is -2.18. The molecule has 21 heteroatoms. The minimum absolute atomic E-state index is 0.272. The molecule has 1 fully saturated rings. The lowest BCUT2D eigenvalue weighted by Crippen LogP contribution is -2.43. The molecule has 0 radical (unpaired) electrons. The predicted molar refractivity (Wildman–Crippen MR) is 128 cm³/mol. The van der Waals surface area contributed by atoms with Crippen LogP contribution in [0.1, 0.15) is 17.5 Å². The quantitative estimate of drug-likeness (QED) is 0.238. The van der Waals surface area contributed by atoms with Crippen molar-refractivity contribution < 1.29 is 37.4 Å². The van der Waals surface area contributed by atoms with E-state index < -0.39 is 57.8 Å². The molecule has 208 valence electrons. The van der Waals surface area contributed by atoms with Crippen molar-refractivity contribution >= 4 is 26.4 Å². The summed E-state index contributed by atoms with van der Waals surface area (Å²) in [6.45, 7) is 0.443. The minimum atomic E-state index is -5.31. The Hall–Kier alpha value is -3.57. The number of benzene rings is 1. The number of nitrogens with zero attached hydrogens (tertiary/aromatic N) is 6. The number of nitroso groups, excluding NO2 is 3. The maximum Gasteiger partial charge on any atom is 0.513 e. The van der Waals surface area contributed by atoms with Gasteiger partial charge >= 0.3 is 21.1 Å². The van der Waals surface area contributed by atoms with Crippen molar-refractivity contribution in [2.24, 2.45) is 14.8 Å². The van der Waals surface area contributed by atoms with Crippen molar-refractivity contribution in [3.63, 3.8) is 0 Å². The Labute approximate surface area is 215 Å². The topological polar surface area (TPSA) is 261 Å². The number of aromatic nitrogens is 3. The van der Waals surface area contributed by atoms with Crippen molar-refractivity contribution in [3.8, 4) is 0 Å². The lowest BCUT2D eigenvalue weighted by atomic mass is 10.1. The molecule has 4 rings (SSSR count). The molecule has 3 aromatic rings. The fourth-order valence-electron chi connectivity index (χ4n) is 3.79. The average Bonchev–Trinajstić information content (AvgIpc) is 3.46. The first kappa shape index (κ1) is 28.4. The van der Waals surface area contributed by atoms with Gasteiger partial charge in [-0.05, 0) is 18.6 Å². The van der Waals surface area contributed by atoms with Gasteiger partial charge in [0.25, 0.3) is 5.56 Å². The number of fused-ring (bicyclic) bond motifs is 1. The van der Waals surface area contributed by atoms with E-state index in [1.165, 1.54) is 0 Å². The summed E-state index contributed by atoms with van der Waals surface area (Å²) in [4.78, 5) is 63.0. The second kappa shape index (κ2) is 10.9. The van der Waals surface area contributed by atoms with Gasteiger partial charge in [-0.1, -0.05) is 17.3 Å². The number of aliphatic hydroxyl groups is 2. The molecule has 0 spiro atoms. The van der Waals surface area contributed by atoms with Crippen LogP contribution in [0.15, 0.2) is 59.4 Å². The molecule has 1 aliphatic rings. The highest BCUT2D eigenvalue weighted by Gasteiger charge is 2.47. The van der Waals surface area contributed by atoms with Crippen LogP contribution in [0.5, 0.6) is 0 Å². The van der Waals surface area contributed by atoms with E-state index in [2.05, 4.69) is 14.0 Å². The summed E-state index contributed by atoms with van der Waals surface area (Å²) in [6.07, 6.45) is -5.87. The molecule has 3 heterocycles. The summed E-state index contributed by atoms with van der Waals surface area (Å²) in [5.74, 6) is 0. The van der Waals surface area contributed by atoms with E-state index in [9.17, 15) is 43.7 Å². The van der Waals surface area contributed by atoms with Gasteiger partial charge in [0.2, 0.25) is 0 Å². The zero-order valence-electron chi connectivity index (χ0n) is 19.6. The summed E-state index contributed by atoms with van der Waals surface area (Å²) >= 11 is 0. The molecule has 5 atom stereocenters. The van der Waals surface area contributed by atoms with E-state index in [-0.39, 0.29) is 12.2 Å². The van der Waals surface area contributed by atoms with Crippen LogP contribution in [-0.4, -0.2) is 49.4 Å². The number of para-hydroxylation sites is 1. The zero-order valence-corrected chi connectivity index (χ0v) is 21.4. The molecular formula is C18H18N6O13P2. The Morgan fingerprint density at radius 3 is 2.46 bits per heavy atom. The van der Waals surface area contributed by atoms with E-state index in [0.29, 0.717) is 11.0 Å². The molecule has 0 bridgehead atoms. The molecule has 0 saturated carbocycles. The van der Waals surface area contributed by atoms with Crippen LogP contribution in [-0.2, 0) is 29.2 Å². The third-order valence-corrected chi connectivity index (χ3v) is 8.47. The Kier molecular flexibility index (Phi) is 7.94.